The number of unbranched alkanes of at least 4 members (excludes halogenated alkanes) is 46. The van der Waals surface area contributed by atoms with E-state index >= 15 is 0 Å². The number of Topliss-reactive ketones (excluding diaryl/α,β-unsaturated/α-hetero) is 4. The van der Waals surface area contributed by atoms with Crippen LogP contribution in [0.15, 0.2) is 24.3 Å². The van der Waals surface area contributed by atoms with Crippen molar-refractivity contribution in [3.05, 3.63) is 24.3 Å². The summed E-state index contributed by atoms with van der Waals surface area (Å²) in [6.07, 6.45) is 49.6. The minimum Gasteiger partial charge on any atom is -0.387 e. The smallest absolute Gasteiger partial charge is 0.184 e. The Morgan fingerprint density at radius 2 is 0.488 bits per heavy atom. The van der Waals surface area contributed by atoms with Gasteiger partial charge >= 0.3 is 0 Å². The Morgan fingerprint density at radius 3 is 0.714 bits per heavy atom. The Balaban J connectivity index is 6.08. The van der Waals surface area contributed by atoms with Crippen molar-refractivity contribution in [3.63, 3.8) is 0 Å². The number of aliphatic hydroxyl groups excluding tert-OH is 4. The number of carbonyl (C=O) groups is 4. The molecule has 10 nitrogen and oxygen atoms in total. The lowest BCUT2D eigenvalue weighted by atomic mass is 9.71. The molecule has 0 saturated heterocycles. The van der Waals surface area contributed by atoms with Gasteiger partial charge in [0.2, 0.25) is 0 Å². The average molecular weight is 1190 g/mol. The minimum atomic E-state index is -3.36. The van der Waals surface area contributed by atoms with Crippen LogP contribution >= 0.6 is 0 Å². The SMILES string of the molecule is [2H]CCCCCCCC/C=C\CCCCCCCC(=O)[C@@](O)(C(O)C(=O)CCCCCCCCCCCCCCC)[C@@H](O)[C@H](O)[C@@](O)(C(=O)CCCCCCC/C=C\CCCCCCCC[2H])C(O)C(=O)CCCCCCCCCCCCCCC. The van der Waals surface area contributed by atoms with Crippen molar-refractivity contribution in [1.29, 1.82) is 0 Å². The molecule has 0 heterocycles. The molecule has 2 unspecified atom stereocenters. The highest BCUT2D eigenvalue weighted by Crippen LogP contribution is 2.33. The third kappa shape index (κ3) is 41.2. The maximum atomic E-state index is 14.3. The van der Waals surface area contributed by atoms with Gasteiger partial charge in [0.25, 0.3) is 0 Å². The van der Waals surface area contributed by atoms with Crippen molar-refractivity contribution in [2.45, 2.75) is 423 Å². The molecule has 0 aliphatic rings. The largest absolute Gasteiger partial charge is 0.387 e. The summed E-state index contributed by atoms with van der Waals surface area (Å²) >= 11 is 0. The first-order chi connectivity index (χ1) is 41.8. The van der Waals surface area contributed by atoms with Gasteiger partial charge < -0.3 is 30.6 Å². The highest BCUT2D eigenvalue weighted by molar-refractivity contribution is 5.99. The number of hydrogen-bond donors (Lipinski definition) is 6. The number of carbonyl (C=O) groups excluding carboxylic acids is 4. The van der Waals surface area contributed by atoms with Crippen molar-refractivity contribution in [1.82, 2.24) is 0 Å². The van der Waals surface area contributed by atoms with E-state index in [4.69, 9.17) is 2.74 Å². The van der Waals surface area contributed by atoms with E-state index in [1.807, 2.05) is 0 Å². The fourth-order valence-electron chi connectivity index (χ4n) is 11.8. The van der Waals surface area contributed by atoms with Gasteiger partial charge in [-0.3, -0.25) is 19.2 Å². The lowest BCUT2D eigenvalue weighted by molar-refractivity contribution is -0.225. The molecule has 0 spiro atoms. The van der Waals surface area contributed by atoms with Crippen LogP contribution in [0, 0.1) is 0 Å². The third-order valence-electron chi connectivity index (χ3n) is 17.7. The van der Waals surface area contributed by atoms with Crippen LogP contribution in [-0.4, -0.2) is 89.4 Å². The lowest BCUT2D eigenvalue weighted by Crippen LogP contribution is -2.71. The van der Waals surface area contributed by atoms with E-state index in [9.17, 15) is 49.8 Å². The predicted molar refractivity (Wildman–Crippen MR) is 353 cm³/mol. The number of allylic oxidation sites excluding steroid dienone is 4. The predicted octanol–water partition coefficient (Wildman–Crippen LogP) is 19.2. The topological polar surface area (TPSA) is 190 Å². The molecule has 0 fully saturated rings. The molecule has 6 atom stereocenters. The Labute approximate surface area is 520 Å². The van der Waals surface area contributed by atoms with Crippen LogP contribution < -0.4 is 0 Å². The van der Waals surface area contributed by atoms with E-state index in [2.05, 4.69) is 38.2 Å². The van der Waals surface area contributed by atoms with Crippen molar-refractivity contribution >= 4 is 23.1 Å². The maximum absolute atomic E-state index is 14.3. The average Bonchev–Trinajstić information content (AvgIpc) is 1.91. The van der Waals surface area contributed by atoms with Crippen LogP contribution in [0.25, 0.3) is 0 Å². The van der Waals surface area contributed by atoms with Crippen LogP contribution in [0.4, 0.5) is 0 Å². The standard InChI is InChI=1S/C74H138O10/c1-5-9-13-17-21-25-29-33-35-39-43-47-51-55-59-63-67(77)73(83,69(79)65(75)61-57-53-49-45-41-37-31-27-23-19-15-11-7-3)71(81)72(82)74(84,68(78)64-60-56-52-48-44-40-36-34-30-26-22-18-14-10-6-2)70(80)66(76)62-58-54-50-46-42-38-32-28-24-20-16-12-8-4/h33-36,69-72,79-84H,5-32,37-64H2,1-4H3/b35-33-,36-34-/t69?,70?,71-,72-,73+,74+/m0/s1/i1D,2D. The van der Waals surface area contributed by atoms with E-state index in [-0.39, 0.29) is 38.5 Å². The van der Waals surface area contributed by atoms with Crippen molar-refractivity contribution in [2.75, 3.05) is 0 Å². The molecule has 6 N–H and O–H groups in total. The molecule has 0 aliphatic carbocycles. The minimum absolute atomic E-state index is 0.215. The van der Waals surface area contributed by atoms with Gasteiger partial charge in [0.15, 0.2) is 46.5 Å². The summed E-state index contributed by atoms with van der Waals surface area (Å²) in [4.78, 5) is 56.3. The number of hydrogen-bond acceptors (Lipinski definition) is 10. The molecule has 494 valence electrons. The second-order valence-corrected chi connectivity index (χ2v) is 25.5. The number of ketones is 4. The monoisotopic (exact) mass is 1190 g/mol. The first-order valence-electron chi connectivity index (χ1n) is 37.4. The van der Waals surface area contributed by atoms with Crippen LogP contribution in [-0.2, 0) is 19.2 Å². The summed E-state index contributed by atoms with van der Waals surface area (Å²) in [6.45, 7) is 5.46. The molecule has 0 aliphatic heterocycles. The first-order valence-corrected chi connectivity index (χ1v) is 36.0. The highest BCUT2D eigenvalue weighted by atomic mass is 16.4. The fourth-order valence-corrected chi connectivity index (χ4v) is 11.8. The summed E-state index contributed by atoms with van der Waals surface area (Å²) in [5.74, 6) is -4.09. The summed E-state index contributed by atoms with van der Waals surface area (Å²) < 4.78 is 14.6. The zero-order valence-electron chi connectivity index (χ0n) is 56.9. The molecule has 0 aromatic rings. The third-order valence-corrected chi connectivity index (χ3v) is 17.7. The molecule has 0 aromatic carbocycles. The Bertz CT molecular complexity index is 1510. The van der Waals surface area contributed by atoms with Gasteiger partial charge in [-0.05, 0) is 77.0 Å². The second-order valence-electron chi connectivity index (χ2n) is 25.5. The summed E-state index contributed by atoms with van der Waals surface area (Å²) in [6, 6.07) is 0. The summed E-state index contributed by atoms with van der Waals surface area (Å²) in [5.41, 5.74) is -6.72. The van der Waals surface area contributed by atoms with E-state index in [1.54, 1.807) is 0 Å². The van der Waals surface area contributed by atoms with Crippen LogP contribution in [0.5, 0.6) is 0 Å². The molecular weight excluding hydrogens is 1050 g/mol. The molecular formula is C74H138O10. The maximum Gasteiger partial charge on any atom is 0.184 e. The second kappa shape index (κ2) is 58.6. The van der Waals surface area contributed by atoms with Crippen LogP contribution in [0.2, 0.25) is 0 Å². The highest BCUT2D eigenvalue weighted by Gasteiger charge is 2.62. The zero-order valence-corrected chi connectivity index (χ0v) is 54.9. The van der Waals surface area contributed by atoms with Gasteiger partial charge in [-0.25, -0.2) is 0 Å². The molecule has 0 aromatic heterocycles. The molecule has 0 bridgehead atoms. The van der Waals surface area contributed by atoms with Gasteiger partial charge in [-0.15, -0.1) is 0 Å². The van der Waals surface area contributed by atoms with Gasteiger partial charge in [-0.2, -0.15) is 0 Å². The Morgan fingerprint density at radius 1 is 0.298 bits per heavy atom. The van der Waals surface area contributed by atoms with E-state index < -0.39 is 58.8 Å². The Hall–Kier alpha value is -2.08. The van der Waals surface area contributed by atoms with Gasteiger partial charge in [0, 0.05) is 28.4 Å². The number of aliphatic hydroxyl groups is 6. The quantitative estimate of drug-likeness (QED) is 0.0252. The molecule has 0 saturated carbocycles. The van der Waals surface area contributed by atoms with E-state index in [1.165, 1.54) is 128 Å². The Kier molecular flexibility index (Phi) is 54.4. The van der Waals surface area contributed by atoms with Gasteiger partial charge in [0.1, 0.15) is 12.2 Å². The summed E-state index contributed by atoms with van der Waals surface area (Å²) in [5, 5.41) is 72.4. The summed E-state index contributed by atoms with van der Waals surface area (Å²) in [7, 11) is 0. The van der Waals surface area contributed by atoms with Crippen molar-refractivity contribution < 1.29 is 52.6 Å². The molecule has 0 radical (unpaired) electrons. The zero-order chi connectivity index (χ0) is 63.5. The molecule has 0 rings (SSSR count). The fraction of sp³-hybridized carbons (Fsp3) is 0.892. The number of rotatable bonds is 67. The normalized spacial score (nSPS) is 15.2. The van der Waals surface area contributed by atoms with Gasteiger partial charge in [-0.1, -0.05) is 309 Å². The van der Waals surface area contributed by atoms with E-state index in [0.717, 1.165) is 154 Å². The van der Waals surface area contributed by atoms with Crippen LogP contribution in [0.3, 0.4) is 0 Å². The molecule has 0 amide bonds. The molecule has 10 heteroatoms. The molecule has 84 heavy (non-hydrogen) atoms. The van der Waals surface area contributed by atoms with Crippen LogP contribution in [0.1, 0.15) is 390 Å². The van der Waals surface area contributed by atoms with Crippen molar-refractivity contribution in [3.8, 4) is 0 Å². The van der Waals surface area contributed by atoms with E-state index in [0.29, 0.717) is 52.3 Å². The lowest BCUT2D eigenvalue weighted by Gasteiger charge is -2.43. The van der Waals surface area contributed by atoms with Crippen molar-refractivity contribution in [2.24, 2.45) is 0 Å². The van der Waals surface area contributed by atoms with Gasteiger partial charge in [0.05, 0.1) is 0 Å². The first kappa shape index (κ1) is 78.0.